The zero-order chi connectivity index (χ0) is 8.32. The summed E-state index contributed by atoms with van der Waals surface area (Å²) < 4.78 is 0.389. The Morgan fingerprint density at radius 3 is 2.82 bits per heavy atom. The van der Waals surface area contributed by atoms with Crippen LogP contribution in [-0.2, 0) is 0 Å². The van der Waals surface area contributed by atoms with E-state index < -0.39 is 0 Å². The van der Waals surface area contributed by atoms with Crippen molar-refractivity contribution in [2.75, 3.05) is 19.6 Å². The fourth-order valence-corrected chi connectivity index (χ4v) is 1.44. The van der Waals surface area contributed by atoms with E-state index in [9.17, 15) is 0 Å². The summed E-state index contributed by atoms with van der Waals surface area (Å²) in [5, 5.41) is 6.90. The first-order valence-electron chi connectivity index (χ1n) is 4.21. The molecule has 11 heavy (non-hydrogen) atoms. The molecule has 2 nitrogen and oxygen atoms in total. The van der Waals surface area contributed by atoms with Crippen LogP contribution < -0.4 is 10.6 Å². The molecule has 0 aromatic carbocycles. The quantitative estimate of drug-likeness (QED) is 0.592. The molecule has 2 N–H and O–H groups in total. The topological polar surface area (TPSA) is 24.1 Å². The zero-order valence-electron chi connectivity index (χ0n) is 7.28. The maximum atomic E-state index is 3.55. The van der Waals surface area contributed by atoms with Crippen molar-refractivity contribution in [3.8, 4) is 0 Å². The molecule has 0 bridgehead atoms. The van der Waals surface area contributed by atoms with E-state index in [2.05, 4.69) is 47.1 Å². The van der Waals surface area contributed by atoms with Crippen LogP contribution >= 0.6 is 22.6 Å². The normalized spacial score (nSPS) is 25.9. The van der Waals surface area contributed by atoms with E-state index in [0.29, 0.717) is 9.46 Å². The number of hydrogen-bond acceptors (Lipinski definition) is 2. The van der Waals surface area contributed by atoms with Gasteiger partial charge in [0.25, 0.3) is 0 Å². The molecule has 0 unspecified atom stereocenters. The molecule has 1 aliphatic rings. The monoisotopic (exact) mass is 268 g/mol. The lowest BCUT2D eigenvalue weighted by Gasteiger charge is -2.20. The van der Waals surface area contributed by atoms with Gasteiger partial charge >= 0.3 is 0 Å². The number of hydrogen-bond donors (Lipinski definition) is 2. The Morgan fingerprint density at radius 2 is 2.36 bits per heavy atom. The lowest BCUT2D eigenvalue weighted by atomic mass is 10.2. The van der Waals surface area contributed by atoms with Gasteiger partial charge in [-0.2, -0.15) is 0 Å². The van der Waals surface area contributed by atoms with Gasteiger partial charge in [-0.05, 0) is 26.8 Å². The highest BCUT2D eigenvalue weighted by Crippen LogP contribution is 2.15. The molecule has 0 radical (unpaired) electrons. The zero-order valence-corrected chi connectivity index (χ0v) is 9.44. The Morgan fingerprint density at radius 1 is 1.64 bits per heavy atom. The molecule has 66 valence electrons. The minimum absolute atomic E-state index is 0.389. The summed E-state index contributed by atoms with van der Waals surface area (Å²) in [4.78, 5) is 0. The van der Waals surface area contributed by atoms with Crippen LogP contribution in [0.25, 0.3) is 0 Å². The summed E-state index contributed by atoms with van der Waals surface area (Å²) in [6, 6.07) is 0.712. The van der Waals surface area contributed by atoms with Crippen molar-refractivity contribution >= 4 is 22.6 Å². The van der Waals surface area contributed by atoms with Gasteiger partial charge < -0.3 is 10.6 Å². The first-order chi connectivity index (χ1) is 5.08. The molecule has 1 heterocycles. The third kappa shape index (κ3) is 4.28. The van der Waals surface area contributed by atoms with Crippen molar-refractivity contribution in [3.63, 3.8) is 0 Å². The van der Waals surface area contributed by atoms with Gasteiger partial charge in [-0.1, -0.05) is 22.6 Å². The summed E-state index contributed by atoms with van der Waals surface area (Å²) in [6.07, 6.45) is 1.28. The van der Waals surface area contributed by atoms with E-state index in [-0.39, 0.29) is 0 Å². The second kappa shape index (κ2) is 4.05. The number of halogens is 1. The van der Waals surface area contributed by atoms with Crippen LogP contribution in [-0.4, -0.2) is 29.1 Å². The molecule has 1 aliphatic heterocycles. The van der Waals surface area contributed by atoms with Crippen molar-refractivity contribution in [2.24, 2.45) is 0 Å². The van der Waals surface area contributed by atoms with Crippen molar-refractivity contribution in [1.82, 2.24) is 10.6 Å². The maximum Gasteiger partial charge on any atom is 0.0290 e. The van der Waals surface area contributed by atoms with Gasteiger partial charge in [0.1, 0.15) is 0 Å². The van der Waals surface area contributed by atoms with Gasteiger partial charge in [-0.15, -0.1) is 0 Å². The minimum atomic E-state index is 0.389. The number of alkyl halides is 1. The van der Waals surface area contributed by atoms with Crippen LogP contribution in [0.3, 0.4) is 0 Å². The highest BCUT2D eigenvalue weighted by Gasteiger charge is 2.17. The van der Waals surface area contributed by atoms with Crippen LogP contribution in [0.1, 0.15) is 20.3 Å². The molecule has 0 saturated carbocycles. The van der Waals surface area contributed by atoms with Crippen LogP contribution in [0.15, 0.2) is 0 Å². The Labute approximate surface area is 82.6 Å². The summed E-state index contributed by atoms with van der Waals surface area (Å²) in [5.41, 5.74) is 0. The van der Waals surface area contributed by atoms with Crippen molar-refractivity contribution in [1.29, 1.82) is 0 Å². The van der Waals surface area contributed by atoms with E-state index in [1.807, 2.05) is 0 Å². The number of nitrogens with one attached hydrogen (secondary N) is 2. The first kappa shape index (κ1) is 9.74. The van der Waals surface area contributed by atoms with Crippen molar-refractivity contribution < 1.29 is 0 Å². The van der Waals surface area contributed by atoms with Crippen molar-refractivity contribution in [3.05, 3.63) is 0 Å². The van der Waals surface area contributed by atoms with E-state index in [0.717, 1.165) is 13.1 Å². The Balaban J connectivity index is 2.11. The van der Waals surface area contributed by atoms with E-state index in [4.69, 9.17) is 0 Å². The van der Waals surface area contributed by atoms with E-state index in [1.54, 1.807) is 0 Å². The SMILES string of the molecule is CC(C)(I)CN[C@H]1CCNC1. The molecular weight excluding hydrogens is 251 g/mol. The molecule has 1 atom stereocenters. The Hall–Kier alpha value is 0.650. The van der Waals surface area contributed by atoms with Crippen LogP contribution in [0.5, 0.6) is 0 Å². The molecule has 1 saturated heterocycles. The standard InChI is InChI=1S/C8H17IN2/c1-8(2,9)6-11-7-3-4-10-5-7/h7,10-11H,3-6H2,1-2H3/t7-/m0/s1. The highest BCUT2D eigenvalue weighted by molar-refractivity contribution is 14.1. The van der Waals surface area contributed by atoms with Gasteiger partial charge in [0.2, 0.25) is 0 Å². The molecule has 1 fully saturated rings. The molecule has 0 aromatic rings. The van der Waals surface area contributed by atoms with E-state index >= 15 is 0 Å². The maximum absolute atomic E-state index is 3.55. The Kier molecular flexibility index (Phi) is 3.58. The summed E-state index contributed by atoms with van der Waals surface area (Å²) in [6.45, 7) is 7.94. The average Bonchev–Trinajstić information content (AvgIpc) is 2.32. The smallest absolute Gasteiger partial charge is 0.0290 e. The molecule has 0 aliphatic carbocycles. The van der Waals surface area contributed by atoms with Crippen LogP contribution in [0.4, 0.5) is 0 Å². The largest absolute Gasteiger partial charge is 0.315 e. The summed E-state index contributed by atoms with van der Waals surface area (Å²) in [5.74, 6) is 0. The van der Waals surface area contributed by atoms with Gasteiger partial charge in [0, 0.05) is 22.6 Å². The molecule has 0 spiro atoms. The molecule has 0 amide bonds. The first-order valence-corrected chi connectivity index (χ1v) is 5.29. The molecule has 1 rings (SSSR count). The minimum Gasteiger partial charge on any atom is -0.315 e. The second-order valence-corrected chi connectivity index (χ2v) is 6.71. The average molecular weight is 268 g/mol. The lowest BCUT2D eigenvalue weighted by Crippen LogP contribution is -2.38. The third-order valence-corrected chi connectivity index (χ3v) is 2.25. The molecular formula is C8H17IN2. The predicted octanol–water partition coefficient (Wildman–Crippen LogP) is 1.15. The van der Waals surface area contributed by atoms with Crippen molar-refractivity contribution in [2.45, 2.75) is 29.7 Å². The summed E-state index contributed by atoms with van der Waals surface area (Å²) in [7, 11) is 0. The number of rotatable bonds is 3. The fourth-order valence-electron chi connectivity index (χ4n) is 1.22. The molecule has 3 heteroatoms. The fraction of sp³-hybridized carbons (Fsp3) is 1.00. The van der Waals surface area contributed by atoms with Gasteiger partial charge in [0.15, 0.2) is 0 Å². The van der Waals surface area contributed by atoms with Gasteiger partial charge in [-0.25, -0.2) is 0 Å². The lowest BCUT2D eigenvalue weighted by molar-refractivity contribution is 0.515. The summed E-state index contributed by atoms with van der Waals surface area (Å²) >= 11 is 2.48. The second-order valence-electron chi connectivity index (χ2n) is 3.79. The molecule has 0 aromatic heterocycles. The van der Waals surface area contributed by atoms with Crippen LogP contribution in [0, 0.1) is 0 Å². The van der Waals surface area contributed by atoms with Crippen LogP contribution in [0.2, 0.25) is 0 Å². The third-order valence-electron chi connectivity index (χ3n) is 1.87. The Bertz CT molecular complexity index is 114. The van der Waals surface area contributed by atoms with Gasteiger partial charge in [-0.3, -0.25) is 0 Å². The van der Waals surface area contributed by atoms with E-state index in [1.165, 1.54) is 13.0 Å². The highest BCUT2D eigenvalue weighted by atomic mass is 127. The predicted molar refractivity (Wildman–Crippen MR) is 57.4 cm³/mol. The van der Waals surface area contributed by atoms with Gasteiger partial charge in [0.05, 0.1) is 0 Å².